The van der Waals surface area contributed by atoms with Gasteiger partial charge in [-0.25, -0.2) is 18.1 Å². The second kappa shape index (κ2) is 6.21. The highest BCUT2D eigenvalue weighted by atomic mass is 32.2. The quantitative estimate of drug-likeness (QED) is 0.818. The molecule has 2 aromatic carbocycles. The molecule has 0 bridgehead atoms. The minimum absolute atomic E-state index is 0.0720. The largest absolute Gasteiger partial charge is 0.329 e. The Hall–Kier alpha value is -2.87. The van der Waals surface area contributed by atoms with Gasteiger partial charge < -0.3 is 5.32 Å². The SMILES string of the molecule is Cc1ccc(S(=O)(=O)Nc2cccc(N3C(=O)CNC3=O)c2)cc1C. The van der Waals surface area contributed by atoms with E-state index in [-0.39, 0.29) is 23.0 Å². The lowest BCUT2D eigenvalue weighted by atomic mass is 10.1. The van der Waals surface area contributed by atoms with E-state index in [1.54, 1.807) is 30.3 Å². The Kier molecular flexibility index (Phi) is 4.22. The standard InChI is InChI=1S/C17H17N3O4S/c1-11-6-7-15(8-12(11)2)25(23,24)19-13-4-3-5-14(9-13)20-16(21)10-18-17(20)22/h3-9,19H,10H2,1-2H3,(H,18,22). The van der Waals surface area contributed by atoms with Crippen LogP contribution >= 0.6 is 0 Å². The van der Waals surface area contributed by atoms with Gasteiger partial charge in [-0.3, -0.25) is 9.52 Å². The number of anilines is 2. The Morgan fingerprint density at radius 2 is 1.80 bits per heavy atom. The van der Waals surface area contributed by atoms with E-state index in [1.807, 2.05) is 13.8 Å². The van der Waals surface area contributed by atoms with E-state index in [1.165, 1.54) is 12.1 Å². The van der Waals surface area contributed by atoms with Crippen LogP contribution in [0.3, 0.4) is 0 Å². The predicted molar refractivity (Wildman–Crippen MR) is 94.1 cm³/mol. The average molecular weight is 359 g/mol. The van der Waals surface area contributed by atoms with Crippen LogP contribution in [-0.2, 0) is 14.8 Å². The van der Waals surface area contributed by atoms with Gasteiger partial charge in [-0.1, -0.05) is 12.1 Å². The first kappa shape index (κ1) is 17.0. The van der Waals surface area contributed by atoms with E-state index < -0.39 is 16.1 Å². The molecule has 3 amide bonds. The van der Waals surface area contributed by atoms with Crippen molar-refractivity contribution in [1.29, 1.82) is 0 Å². The van der Waals surface area contributed by atoms with Crippen LogP contribution in [0.4, 0.5) is 16.2 Å². The number of nitrogens with one attached hydrogen (secondary N) is 2. The summed E-state index contributed by atoms with van der Waals surface area (Å²) in [4.78, 5) is 24.6. The van der Waals surface area contributed by atoms with E-state index in [9.17, 15) is 18.0 Å². The topological polar surface area (TPSA) is 95.6 Å². The molecule has 0 radical (unpaired) electrons. The summed E-state index contributed by atoms with van der Waals surface area (Å²) in [5.41, 5.74) is 2.44. The van der Waals surface area contributed by atoms with Gasteiger partial charge in [-0.05, 0) is 55.3 Å². The Balaban J connectivity index is 1.90. The number of rotatable bonds is 4. The monoisotopic (exact) mass is 359 g/mol. The molecule has 2 N–H and O–H groups in total. The second-order valence-corrected chi connectivity index (χ2v) is 7.47. The lowest BCUT2D eigenvalue weighted by Gasteiger charge is -2.15. The maximum Gasteiger partial charge on any atom is 0.329 e. The number of imide groups is 1. The number of sulfonamides is 1. The van der Waals surface area contributed by atoms with E-state index in [4.69, 9.17) is 0 Å². The van der Waals surface area contributed by atoms with E-state index in [0.717, 1.165) is 16.0 Å². The number of nitrogens with zero attached hydrogens (tertiary/aromatic N) is 1. The van der Waals surface area contributed by atoms with Crippen LogP contribution in [0.5, 0.6) is 0 Å². The molecule has 1 saturated heterocycles. The Bertz CT molecular complexity index is 954. The van der Waals surface area contributed by atoms with E-state index in [2.05, 4.69) is 10.0 Å². The van der Waals surface area contributed by atoms with Crippen molar-refractivity contribution in [3.63, 3.8) is 0 Å². The summed E-state index contributed by atoms with van der Waals surface area (Å²) in [6.45, 7) is 3.67. The smallest absolute Gasteiger partial charge is 0.328 e. The van der Waals surface area contributed by atoms with Gasteiger partial charge in [0.25, 0.3) is 15.9 Å². The zero-order chi connectivity index (χ0) is 18.2. The molecule has 1 fully saturated rings. The van der Waals surface area contributed by atoms with Gasteiger partial charge in [0.1, 0.15) is 0 Å². The summed E-state index contributed by atoms with van der Waals surface area (Å²) in [7, 11) is -3.77. The fraction of sp³-hybridized carbons (Fsp3) is 0.176. The molecule has 130 valence electrons. The highest BCUT2D eigenvalue weighted by molar-refractivity contribution is 7.92. The van der Waals surface area contributed by atoms with Gasteiger partial charge in [0.15, 0.2) is 0 Å². The first-order valence-electron chi connectivity index (χ1n) is 7.59. The number of carbonyl (C=O) groups is 2. The minimum Gasteiger partial charge on any atom is -0.328 e. The maximum absolute atomic E-state index is 12.6. The van der Waals surface area contributed by atoms with Gasteiger partial charge in [0.05, 0.1) is 22.8 Å². The van der Waals surface area contributed by atoms with E-state index in [0.29, 0.717) is 5.69 Å². The zero-order valence-electron chi connectivity index (χ0n) is 13.7. The van der Waals surface area contributed by atoms with Crippen molar-refractivity contribution in [3.05, 3.63) is 53.6 Å². The molecule has 0 spiro atoms. The van der Waals surface area contributed by atoms with Crippen molar-refractivity contribution in [1.82, 2.24) is 5.32 Å². The van der Waals surface area contributed by atoms with Crippen molar-refractivity contribution in [3.8, 4) is 0 Å². The van der Waals surface area contributed by atoms with Gasteiger partial charge in [0.2, 0.25) is 0 Å². The number of carbonyl (C=O) groups excluding carboxylic acids is 2. The van der Waals surface area contributed by atoms with Crippen molar-refractivity contribution < 1.29 is 18.0 Å². The fourth-order valence-electron chi connectivity index (χ4n) is 2.49. The van der Waals surface area contributed by atoms with Gasteiger partial charge in [-0.2, -0.15) is 0 Å². The molecule has 0 unspecified atom stereocenters. The van der Waals surface area contributed by atoms with Crippen molar-refractivity contribution in [2.24, 2.45) is 0 Å². The molecule has 8 heteroatoms. The third kappa shape index (κ3) is 3.34. The molecule has 0 aromatic heterocycles. The summed E-state index contributed by atoms with van der Waals surface area (Å²) >= 11 is 0. The lowest BCUT2D eigenvalue weighted by molar-refractivity contribution is -0.115. The second-order valence-electron chi connectivity index (χ2n) is 5.79. The average Bonchev–Trinajstić information content (AvgIpc) is 2.88. The fourth-order valence-corrected chi connectivity index (χ4v) is 3.62. The summed E-state index contributed by atoms with van der Waals surface area (Å²) in [5.74, 6) is -0.390. The van der Waals surface area contributed by atoms with Crippen LogP contribution < -0.4 is 14.9 Å². The highest BCUT2D eigenvalue weighted by Crippen LogP contribution is 2.24. The number of amides is 3. The maximum atomic E-state index is 12.6. The number of hydrogen-bond donors (Lipinski definition) is 2. The first-order chi connectivity index (χ1) is 11.8. The normalized spacial score (nSPS) is 14.6. The molecular weight excluding hydrogens is 342 g/mol. The van der Waals surface area contributed by atoms with Crippen molar-refractivity contribution >= 4 is 33.3 Å². The van der Waals surface area contributed by atoms with Crippen LogP contribution in [0.15, 0.2) is 47.4 Å². The molecule has 0 aliphatic carbocycles. The number of benzene rings is 2. The van der Waals surface area contributed by atoms with Crippen LogP contribution in [0.2, 0.25) is 0 Å². The number of urea groups is 1. The molecule has 0 saturated carbocycles. The van der Waals surface area contributed by atoms with Crippen LogP contribution in [0.1, 0.15) is 11.1 Å². The van der Waals surface area contributed by atoms with Crippen molar-refractivity contribution in [2.75, 3.05) is 16.2 Å². The summed E-state index contributed by atoms with van der Waals surface area (Å²) in [6.07, 6.45) is 0. The zero-order valence-corrected chi connectivity index (χ0v) is 14.6. The first-order valence-corrected chi connectivity index (χ1v) is 9.07. The molecule has 2 aromatic rings. The third-order valence-electron chi connectivity index (χ3n) is 3.99. The minimum atomic E-state index is -3.77. The number of aryl methyl sites for hydroxylation is 2. The van der Waals surface area contributed by atoms with Crippen LogP contribution in [0, 0.1) is 13.8 Å². The summed E-state index contributed by atoms with van der Waals surface area (Å²) < 4.78 is 27.6. The van der Waals surface area contributed by atoms with Crippen LogP contribution in [0.25, 0.3) is 0 Å². The van der Waals surface area contributed by atoms with E-state index >= 15 is 0 Å². The molecule has 25 heavy (non-hydrogen) atoms. The van der Waals surface area contributed by atoms with Crippen LogP contribution in [-0.4, -0.2) is 26.9 Å². The third-order valence-corrected chi connectivity index (χ3v) is 5.37. The Labute approximate surface area is 145 Å². The molecule has 0 atom stereocenters. The van der Waals surface area contributed by atoms with Gasteiger partial charge in [-0.15, -0.1) is 0 Å². The number of hydrogen-bond acceptors (Lipinski definition) is 4. The Morgan fingerprint density at radius 3 is 2.44 bits per heavy atom. The van der Waals surface area contributed by atoms with Crippen molar-refractivity contribution in [2.45, 2.75) is 18.7 Å². The predicted octanol–water partition coefficient (Wildman–Crippen LogP) is 2.16. The Morgan fingerprint density at radius 1 is 1.04 bits per heavy atom. The highest BCUT2D eigenvalue weighted by Gasteiger charge is 2.30. The van der Waals surface area contributed by atoms with Gasteiger partial charge in [0, 0.05) is 0 Å². The summed E-state index contributed by atoms with van der Waals surface area (Å²) in [6, 6.07) is 10.5. The molecule has 1 aliphatic heterocycles. The molecule has 7 nitrogen and oxygen atoms in total. The molecular formula is C17H17N3O4S. The molecule has 1 aliphatic rings. The summed E-state index contributed by atoms with van der Waals surface area (Å²) in [5, 5.41) is 2.42. The molecule has 1 heterocycles. The molecule has 3 rings (SSSR count). The lowest BCUT2D eigenvalue weighted by Crippen LogP contribution is -2.30. The van der Waals surface area contributed by atoms with Gasteiger partial charge >= 0.3 is 6.03 Å².